The number of carbonyl (C=O) groups is 1. The van der Waals surface area contributed by atoms with Gasteiger partial charge in [0.25, 0.3) is 0 Å². The molecule has 0 fully saturated rings. The molecule has 0 amide bonds. The average molecular weight is 205 g/mol. The highest BCUT2D eigenvalue weighted by Gasteiger charge is 2.19. The third-order valence-electron chi connectivity index (χ3n) is 2.94. The molecular weight excluding hydrogens is 190 g/mol. The number of carbonyl (C=O) groups excluding carboxylic acids is 1. The van der Waals surface area contributed by atoms with E-state index in [1.165, 1.54) is 0 Å². The molecule has 1 aliphatic rings. The molecule has 0 aromatic heterocycles. The summed E-state index contributed by atoms with van der Waals surface area (Å²) in [6.07, 6.45) is 1.86. The van der Waals surface area contributed by atoms with Crippen LogP contribution in [-0.4, -0.2) is 31.9 Å². The summed E-state index contributed by atoms with van der Waals surface area (Å²) in [5.41, 5.74) is 3.12. The molecule has 15 heavy (non-hydrogen) atoms. The van der Waals surface area contributed by atoms with Crippen molar-refractivity contribution in [3.63, 3.8) is 0 Å². The maximum atomic E-state index is 10.9. The molecule has 0 unspecified atom stereocenters. The lowest BCUT2D eigenvalue weighted by molar-refractivity contribution is 0.112. The second kappa shape index (κ2) is 4.03. The summed E-state index contributed by atoms with van der Waals surface area (Å²) in [7, 11) is 3.75. The Bertz CT molecular complexity index is 387. The van der Waals surface area contributed by atoms with Gasteiger partial charge in [0.15, 0.2) is 0 Å². The van der Waals surface area contributed by atoms with Gasteiger partial charge in [0, 0.05) is 24.2 Å². The Labute approximate surface area is 89.7 Å². The van der Waals surface area contributed by atoms with E-state index >= 15 is 0 Å². The number of hydrogen-bond donors (Lipinski definition) is 0. The average Bonchev–Trinajstić information content (AvgIpc) is 2.27. The molecule has 1 aromatic carbocycles. The molecule has 0 N–H and O–H groups in total. The highest BCUT2D eigenvalue weighted by Crippen LogP contribution is 2.29. The third-order valence-corrected chi connectivity index (χ3v) is 2.94. The molecule has 3 nitrogen and oxygen atoms in total. The molecule has 0 spiro atoms. The Kier molecular flexibility index (Phi) is 2.73. The van der Waals surface area contributed by atoms with Crippen molar-refractivity contribution in [3.8, 4) is 5.75 Å². The van der Waals surface area contributed by atoms with Gasteiger partial charge in [-0.1, -0.05) is 0 Å². The smallest absolute Gasteiger partial charge is 0.150 e. The van der Waals surface area contributed by atoms with Crippen molar-refractivity contribution in [2.75, 3.05) is 20.7 Å². The van der Waals surface area contributed by atoms with Crippen LogP contribution in [0.25, 0.3) is 0 Å². The summed E-state index contributed by atoms with van der Waals surface area (Å²) in [6, 6.07) is 3.72. The van der Waals surface area contributed by atoms with Gasteiger partial charge in [0.1, 0.15) is 12.0 Å². The zero-order valence-electron chi connectivity index (χ0n) is 9.12. The van der Waals surface area contributed by atoms with Gasteiger partial charge in [-0.15, -0.1) is 0 Å². The second-order valence-corrected chi connectivity index (χ2v) is 3.92. The van der Waals surface area contributed by atoms with Gasteiger partial charge in [0.2, 0.25) is 0 Å². The van der Waals surface area contributed by atoms with Crippen LogP contribution < -0.4 is 4.74 Å². The van der Waals surface area contributed by atoms with E-state index < -0.39 is 0 Å². The Morgan fingerprint density at radius 1 is 1.40 bits per heavy atom. The highest BCUT2D eigenvalue weighted by molar-refractivity contribution is 5.79. The molecule has 1 aromatic rings. The van der Waals surface area contributed by atoms with Crippen molar-refractivity contribution < 1.29 is 9.53 Å². The van der Waals surface area contributed by atoms with Crippen molar-refractivity contribution in [3.05, 3.63) is 28.8 Å². The van der Waals surface area contributed by atoms with E-state index in [1.54, 1.807) is 7.11 Å². The van der Waals surface area contributed by atoms with Crippen molar-refractivity contribution in [2.45, 2.75) is 13.0 Å². The summed E-state index contributed by atoms with van der Waals surface area (Å²) in [5, 5.41) is 0. The van der Waals surface area contributed by atoms with Crippen LogP contribution in [0.4, 0.5) is 0 Å². The minimum Gasteiger partial charge on any atom is -0.496 e. The van der Waals surface area contributed by atoms with Gasteiger partial charge in [-0.2, -0.15) is 0 Å². The minimum atomic E-state index is 0.805. The first-order chi connectivity index (χ1) is 7.26. The highest BCUT2D eigenvalue weighted by atomic mass is 16.5. The summed E-state index contributed by atoms with van der Waals surface area (Å²) < 4.78 is 5.32. The first-order valence-corrected chi connectivity index (χ1v) is 5.08. The first-order valence-electron chi connectivity index (χ1n) is 5.08. The van der Waals surface area contributed by atoms with Crippen molar-refractivity contribution in [1.82, 2.24) is 4.90 Å². The monoisotopic (exact) mass is 205 g/mol. The number of benzene rings is 1. The van der Waals surface area contributed by atoms with Crippen LogP contribution >= 0.6 is 0 Å². The maximum absolute atomic E-state index is 10.9. The number of fused-ring (bicyclic) bond motifs is 1. The number of aldehydes is 1. The fourth-order valence-electron chi connectivity index (χ4n) is 2.11. The number of rotatable bonds is 2. The predicted octanol–water partition coefficient (Wildman–Crippen LogP) is 1.50. The van der Waals surface area contributed by atoms with Crippen LogP contribution in [-0.2, 0) is 13.0 Å². The summed E-state index contributed by atoms with van der Waals surface area (Å²) in [6.45, 7) is 1.86. The Morgan fingerprint density at radius 2 is 2.20 bits per heavy atom. The molecule has 0 atom stereocenters. The molecule has 0 saturated carbocycles. The lowest BCUT2D eigenvalue weighted by Crippen LogP contribution is -2.27. The van der Waals surface area contributed by atoms with Crippen LogP contribution in [0.5, 0.6) is 5.75 Å². The summed E-state index contributed by atoms with van der Waals surface area (Å²) in [5.74, 6) is 0.891. The number of likely N-dealkylation sites (N-methyl/N-ethyl adjacent to an activating group) is 1. The first kappa shape index (κ1) is 10.2. The zero-order valence-corrected chi connectivity index (χ0v) is 9.12. The zero-order chi connectivity index (χ0) is 10.8. The van der Waals surface area contributed by atoms with E-state index in [1.807, 2.05) is 12.1 Å². The van der Waals surface area contributed by atoms with E-state index in [2.05, 4.69) is 11.9 Å². The molecule has 0 saturated heterocycles. The molecule has 3 heteroatoms. The molecule has 2 rings (SSSR count). The maximum Gasteiger partial charge on any atom is 0.150 e. The van der Waals surface area contributed by atoms with E-state index in [0.29, 0.717) is 0 Å². The largest absolute Gasteiger partial charge is 0.496 e. The SMILES string of the molecule is COc1ccc(C=O)c2c1CN(C)CC2. The number of ether oxygens (including phenoxy) is 1. The quantitative estimate of drug-likeness (QED) is 0.685. The number of hydrogen-bond acceptors (Lipinski definition) is 3. The van der Waals surface area contributed by atoms with Crippen molar-refractivity contribution in [1.29, 1.82) is 0 Å². The molecule has 0 aliphatic carbocycles. The van der Waals surface area contributed by atoms with Crippen LogP contribution in [0.1, 0.15) is 21.5 Å². The predicted molar refractivity (Wildman–Crippen MR) is 58.4 cm³/mol. The van der Waals surface area contributed by atoms with Crippen LogP contribution in [0, 0.1) is 0 Å². The normalized spacial score (nSPS) is 15.9. The molecular formula is C12H15NO2. The van der Waals surface area contributed by atoms with Gasteiger partial charge in [-0.05, 0) is 31.2 Å². The fraction of sp³-hybridized carbons (Fsp3) is 0.417. The van der Waals surface area contributed by atoms with E-state index in [9.17, 15) is 4.79 Å². The van der Waals surface area contributed by atoms with Gasteiger partial charge >= 0.3 is 0 Å². The van der Waals surface area contributed by atoms with E-state index in [0.717, 1.165) is 48.2 Å². The Hall–Kier alpha value is -1.35. The summed E-state index contributed by atoms with van der Waals surface area (Å²) >= 11 is 0. The van der Waals surface area contributed by atoms with E-state index in [-0.39, 0.29) is 0 Å². The van der Waals surface area contributed by atoms with Gasteiger partial charge < -0.3 is 9.64 Å². The molecule has 1 heterocycles. The molecule has 1 aliphatic heterocycles. The standard InChI is InChI=1S/C12H15NO2/c1-13-6-5-10-9(8-14)3-4-12(15-2)11(10)7-13/h3-4,8H,5-7H2,1-2H3. The van der Waals surface area contributed by atoms with Crippen LogP contribution in [0.15, 0.2) is 12.1 Å². The van der Waals surface area contributed by atoms with Crippen molar-refractivity contribution >= 4 is 6.29 Å². The minimum absolute atomic E-state index is 0.805. The Morgan fingerprint density at radius 3 is 2.87 bits per heavy atom. The van der Waals surface area contributed by atoms with Crippen molar-refractivity contribution in [2.24, 2.45) is 0 Å². The van der Waals surface area contributed by atoms with Gasteiger partial charge in [0.05, 0.1) is 7.11 Å². The lowest BCUT2D eigenvalue weighted by Gasteiger charge is -2.27. The van der Waals surface area contributed by atoms with E-state index in [4.69, 9.17) is 4.74 Å². The number of methoxy groups -OCH3 is 1. The lowest BCUT2D eigenvalue weighted by atomic mass is 9.94. The fourth-order valence-corrected chi connectivity index (χ4v) is 2.11. The van der Waals surface area contributed by atoms with Gasteiger partial charge in [-0.25, -0.2) is 0 Å². The number of nitrogens with zero attached hydrogens (tertiary/aromatic N) is 1. The third kappa shape index (κ3) is 1.75. The summed E-state index contributed by atoms with van der Waals surface area (Å²) in [4.78, 5) is 13.1. The topological polar surface area (TPSA) is 29.5 Å². The molecule has 0 radical (unpaired) electrons. The second-order valence-electron chi connectivity index (χ2n) is 3.92. The van der Waals surface area contributed by atoms with Crippen LogP contribution in [0.2, 0.25) is 0 Å². The Balaban J connectivity index is 2.53. The molecule has 0 bridgehead atoms. The molecule has 80 valence electrons. The van der Waals surface area contributed by atoms with Crippen LogP contribution in [0.3, 0.4) is 0 Å². The van der Waals surface area contributed by atoms with Gasteiger partial charge in [-0.3, -0.25) is 4.79 Å².